The van der Waals surface area contributed by atoms with Crippen LogP contribution in [0.4, 0.5) is 10.1 Å². The van der Waals surface area contributed by atoms with Crippen LogP contribution in [0.3, 0.4) is 0 Å². The lowest BCUT2D eigenvalue weighted by Crippen LogP contribution is -2.40. The lowest BCUT2D eigenvalue weighted by molar-refractivity contribution is 0.0729. The third-order valence-corrected chi connectivity index (χ3v) is 6.18. The van der Waals surface area contributed by atoms with Crippen molar-refractivity contribution >= 4 is 37.5 Å². The maximum absolute atomic E-state index is 14.2. The Kier molecular flexibility index (Phi) is 5.47. The Hall–Kier alpha value is -1.75. The van der Waals surface area contributed by atoms with Crippen LogP contribution in [-0.2, 0) is 14.8 Å². The monoisotopic (exact) mass is 446 g/mol. The number of anilines is 1. The van der Waals surface area contributed by atoms with E-state index in [9.17, 15) is 17.6 Å². The molecule has 0 bridgehead atoms. The van der Waals surface area contributed by atoms with Gasteiger partial charge in [0, 0.05) is 24.3 Å². The van der Waals surface area contributed by atoms with Crippen molar-refractivity contribution in [2.75, 3.05) is 31.6 Å². The summed E-state index contributed by atoms with van der Waals surface area (Å²) < 4.78 is 51.4. The number of rotatable bonds is 4. The minimum atomic E-state index is -4.02. The number of halogens is 2. The van der Waals surface area contributed by atoms with Crippen molar-refractivity contribution in [3.8, 4) is 0 Å². The maximum atomic E-state index is 14.2. The number of benzene rings is 1. The van der Waals surface area contributed by atoms with Gasteiger partial charge in [0.1, 0.15) is 10.7 Å². The molecule has 0 atom stereocenters. The van der Waals surface area contributed by atoms with Crippen LogP contribution in [0.1, 0.15) is 16.1 Å². The lowest BCUT2D eigenvalue weighted by atomic mass is 10.2. The zero-order valence-corrected chi connectivity index (χ0v) is 16.2. The molecule has 1 aromatic carbocycles. The van der Waals surface area contributed by atoms with E-state index in [0.29, 0.717) is 10.2 Å². The summed E-state index contributed by atoms with van der Waals surface area (Å²) in [6.07, 6.45) is 0. The van der Waals surface area contributed by atoms with E-state index in [1.807, 2.05) is 0 Å². The Labute approximate surface area is 158 Å². The summed E-state index contributed by atoms with van der Waals surface area (Å²) in [7, 11) is -4.02. The van der Waals surface area contributed by atoms with Gasteiger partial charge in [0.25, 0.3) is 5.91 Å². The number of hydrogen-bond acceptors (Lipinski definition) is 5. The summed E-state index contributed by atoms with van der Waals surface area (Å²) in [5.41, 5.74) is 0.757. The highest BCUT2D eigenvalue weighted by molar-refractivity contribution is 9.10. The molecule has 1 amide bonds. The first-order chi connectivity index (χ1) is 12.3. The van der Waals surface area contributed by atoms with Crippen molar-refractivity contribution in [3.63, 3.8) is 0 Å². The van der Waals surface area contributed by atoms with E-state index in [1.54, 1.807) is 13.0 Å². The van der Waals surface area contributed by atoms with Crippen LogP contribution in [-0.4, -0.2) is 44.9 Å². The van der Waals surface area contributed by atoms with Gasteiger partial charge >= 0.3 is 0 Å². The first-order valence-electron chi connectivity index (χ1n) is 7.74. The summed E-state index contributed by atoms with van der Waals surface area (Å²) in [5.74, 6) is -1.36. The molecule has 1 aromatic heterocycles. The molecule has 140 valence electrons. The van der Waals surface area contributed by atoms with Crippen LogP contribution in [0.5, 0.6) is 0 Å². The predicted molar refractivity (Wildman–Crippen MR) is 95.1 cm³/mol. The number of sulfonamides is 1. The standard InChI is InChI=1S/C16H16BrFN2O5S/c1-10-8-14(17)25-15(10)16(21)19-11-2-3-12(18)13(9-11)26(22,23)20-4-6-24-7-5-20/h2-3,8-9H,4-7H2,1H3,(H,19,21). The third-order valence-electron chi connectivity index (χ3n) is 3.87. The molecule has 10 heteroatoms. The number of nitrogens with zero attached hydrogens (tertiary/aromatic N) is 1. The normalized spacial score (nSPS) is 15.8. The van der Waals surface area contributed by atoms with Crippen LogP contribution in [0.25, 0.3) is 0 Å². The quantitative estimate of drug-likeness (QED) is 0.779. The van der Waals surface area contributed by atoms with E-state index in [-0.39, 0.29) is 37.8 Å². The third kappa shape index (κ3) is 3.83. The molecular weight excluding hydrogens is 431 g/mol. The SMILES string of the molecule is Cc1cc(Br)oc1C(=O)Nc1ccc(F)c(S(=O)(=O)N2CCOCC2)c1. The highest BCUT2D eigenvalue weighted by Gasteiger charge is 2.29. The molecule has 0 saturated carbocycles. The molecule has 1 aliphatic rings. The number of morpholine rings is 1. The van der Waals surface area contributed by atoms with E-state index in [1.165, 1.54) is 6.07 Å². The number of furan rings is 1. The van der Waals surface area contributed by atoms with Gasteiger partial charge < -0.3 is 14.5 Å². The molecule has 1 saturated heterocycles. The Morgan fingerprint density at radius 1 is 1.27 bits per heavy atom. The molecule has 1 aliphatic heterocycles. The van der Waals surface area contributed by atoms with Crippen molar-refractivity contribution in [3.05, 3.63) is 46.1 Å². The summed E-state index contributed by atoms with van der Waals surface area (Å²) in [5, 5.41) is 2.53. The van der Waals surface area contributed by atoms with Gasteiger partial charge in [-0.1, -0.05) is 0 Å². The second-order valence-corrected chi connectivity index (χ2v) is 8.37. The van der Waals surface area contributed by atoms with Crippen molar-refractivity contribution in [1.29, 1.82) is 0 Å². The van der Waals surface area contributed by atoms with Gasteiger partial charge in [0.05, 0.1) is 13.2 Å². The highest BCUT2D eigenvalue weighted by atomic mass is 79.9. The fraction of sp³-hybridized carbons (Fsp3) is 0.312. The average molecular weight is 447 g/mol. The summed E-state index contributed by atoms with van der Waals surface area (Å²) in [6, 6.07) is 5.03. The molecule has 0 spiro atoms. The van der Waals surface area contributed by atoms with E-state index in [0.717, 1.165) is 16.4 Å². The molecule has 3 rings (SSSR count). The van der Waals surface area contributed by atoms with Crippen molar-refractivity contribution in [2.45, 2.75) is 11.8 Å². The predicted octanol–water partition coefficient (Wildman–Crippen LogP) is 2.76. The molecule has 1 fully saturated rings. The van der Waals surface area contributed by atoms with Crippen LogP contribution < -0.4 is 5.32 Å². The molecule has 0 unspecified atom stereocenters. The molecule has 0 radical (unpaired) electrons. The zero-order valence-electron chi connectivity index (χ0n) is 13.8. The van der Waals surface area contributed by atoms with Crippen LogP contribution in [0.15, 0.2) is 38.2 Å². The van der Waals surface area contributed by atoms with Crippen molar-refractivity contribution < 1.29 is 26.8 Å². The number of nitrogens with one attached hydrogen (secondary N) is 1. The highest BCUT2D eigenvalue weighted by Crippen LogP contribution is 2.25. The molecule has 26 heavy (non-hydrogen) atoms. The van der Waals surface area contributed by atoms with Gasteiger partial charge in [-0.3, -0.25) is 4.79 Å². The van der Waals surface area contributed by atoms with Gasteiger partial charge in [0.2, 0.25) is 10.0 Å². The number of aryl methyl sites for hydroxylation is 1. The topological polar surface area (TPSA) is 88.8 Å². The number of hydrogen-bond donors (Lipinski definition) is 1. The molecule has 0 aliphatic carbocycles. The zero-order chi connectivity index (χ0) is 18.9. The maximum Gasteiger partial charge on any atom is 0.291 e. The van der Waals surface area contributed by atoms with Gasteiger partial charge in [-0.15, -0.1) is 0 Å². The van der Waals surface area contributed by atoms with E-state index < -0.39 is 26.6 Å². The average Bonchev–Trinajstić information content (AvgIpc) is 2.95. The van der Waals surface area contributed by atoms with Gasteiger partial charge in [0.15, 0.2) is 10.4 Å². The fourth-order valence-electron chi connectivity index (χ4n) is 2.56. The molecular formula is C16H16BrFN2O5S. The Morgan fingerprint density at radius 3 is 2.58 bits per heavy atom. The van der Waals surface area contributed by atoms with E-state index in [2.05, 4.69) is 21.2 Å². The number of amides is 1. The minimum absolute atomic E-state index is 0.0822. The van der Waals surface area contributed by atoms with Gasteiger partial charge in [-0.25, -0.2) is 12.8 Å². The first-order valence-corrected chi connectivity index (χ1v) is 9.97. The summed E-state index contributed by atoms with van der Waals surface area (Å²) in [6.45, 7) is 2.51. The van der Waals surface area contributed by atoms with E-state index in [4.69, 9.17) is 9.15 Å². The number of carbonyl (C=O) groups excluding carboxylic acids is 1. The molecule has 2 aromatic rings. The Morgan fingerprint density at radius 2 is 1.96 bits per heavy atom. The summed E-state index contributed by atoms with van der Waals surface area (Å²) in [4.78, 5) is 11.8. The van der Waals surface area contributed by atoms with Crippen LogP contribution in [0.2, 0.25) is 0 Å². The summed E-state index contributed by atoms with van der Waals surface area (Å²) >= 11 is 3.14. The Bertz CT molecular complexity index is 938. The number of carbonyl (C=O) groups is 1. The van der Waals surface area contributed by atoms with Crippen LogP contribution in [0, 0.1) is 12.7 Å². The van der Waals surface area contributed by atoms with Crippen molar-refractivity contribution in [1.82, 2.24) is 4.31 Å². The van der Waals surface area contributed by atoms with Gasteiger partial charge in [-0.2, -0.15) is 4.31 Å². The van der Waals surface area contributed by atoms with Crippen LogP contribution >= 0.6 is 15.9 Å². The second-order valence-electron chi connectivity index (χ2n) is 5.68. The Balaban J connectivity index is 1.88. The first kappa shape index (κ1) is 19.0. The van der Waals surface area contributed by atoms with Gasteiger partial charge in [-0.05, 0) is 47.1 Å². The number of ether oxygens (including phenoxy) is 1. The smallest absolute Gasteiger partial charge is 0.291 e. The minimum Gasteiger partial charge on any atom is -0.444 e. The molecule has 2 heterocycles. The second kappa shape index (κ2) is 7.47. The molecule has 1 N–H and O–H groups in total. The van der Waals surface area contributed by atoms with Crippen molar-refractivity contribution in [2.24, 2.45) is 0 Å². The molecule has 7 nitrogen and oxygen atoms in total. The van der Waals surface area contributed by atoms with E-state index >= 15 is 0 Å². The fourth-order valence-corrected chi connectivity index (χ4v) is 4.56. The lowest BCUT2D eigenvalue weighted by Gasteiger charge is -2.26. The largest absolute Gasteiger partial charge is 0.444 e.